The third-order valence-electron chi connectivity index (χ3n) is 4.42. The number of carboxylic acids is 1. The van der Waals surface area contributed by atoms with E-state index in [9.17, 15) is 9.59 Å². The summed E-state index contributed by atoms with van der Waals surface area (Å²) < 4.78 is 13.9. The Balaban J connectivity index is 1.75. The van der Waals surface area contributed by atoms with Crippen molar-refractivity contribution in [3.05, 3.63) is 58.3 Å². The number of methoxy groups -OCH3 is 1. The van der Waals surface area contributed by atoms with Gasteiger partial charge < -0.3 is 14.3 Å². The summed E-state index contributed by atoms with van der Waals surface area (Å²) in [6.45, 7) is 0.996. The van der Waals surface area contributed by atoms with Crippen molar-refractivity contribution in [1.82, 2.24) is 19.2 Å². The van der Waals surface area contributed by atoms with Gasteiger partial charge in [-0.05, 0) is 30.7 Å². The SMILES string of the molecule is COCCCn1c(=O)c2ccccc2n2c(SCc3ccc(C(=O)O)o3)nnc12. The fourth-order valence-corrected chi connectivity index (χ4v) is 3.94. The first-order chi connectivity index (χ1) is 14.1. The van der Waals surface area contributed by atoms with Crippen molar-refractivity contribution in [2.24, 2.45) is 0 Å². The lowest BCUT2D eigenvalue weighted by Crippen LogP contribution is -2.24. The van der Waals surface area contributed by atoms with Gasteiger partial charge in [-0.25, -0.2) is 4.79 Å². The van der Waals surface area contributed by atoms with Crippen molar-refractivity contribution in [3.63, 3.8) is 0 Å². The Kier molecular flexibility index (Phi) is 5.36. The maximum Gasteiger partial charge on any atom is 0.371 e. The fourth-order valence-electron chi connectivity index (χ4n) is 3.10. The highest BCUT2D eigenvalue weighted by atomic mass is 32.2. The third-order valence-corrected chi connectivity index (χ3v) is 5.38. The van der Waals surface area contributed by atoms with Crippen LogP contribution in [0.5, 0.6) is 0 Å². The summed E-state index contributed by atoms with van der Waals surface area (Å²) in [4.78, 5) is 23.9. The number of para-hydroxylation sites is 1. The highest BCUT2D eigenvalue weighted by molar-refractivity contribution is 7.98. The maximum absolute atomic E-state index is 13.0. The van der Waals surface area contributed by atoms with E-state index in [-0.39, 0.29) is 11.3 Å². The van der Waals surface area contributed by atoms with Crippen LogP contribution in [0.3, 0.4) is 0 Å². The molecule has 9 nitrogen and oxygen atoms in total. The number of benzene rings is 1. The lowest BCUT2D eigenvalue weighted by atomic mass is 10.2. The Morgan fingerprint density at radius 3 is 2.83 bits per heavy atom. The van der Waals surface area contributed by atoms with Crippen LogP contribution in [-0.4, -0.2) is 44.0 Å². The number of fused-ring (bicyclic) bond motifs is 3. The maximum atomic E-state index is 13.0. The largest absolute Gasteiger partial charge is 0.475 e. The Morgan fingerprint density at radius 1 is 1.24 bits per heavy atom. The van der Waals surface area contributed by atoms with Gasteiger partial charge >= 0.3 is 5.97 Å². The molecule has 0 saturated heterocycles. The summed E-state index contributed by atoms with van der Waals surface area (Å²) in [6.07, 6.45) is 0.671. The molecule has 1 aromatic carbocycles. The molecule has 0 amide bonds. The number of rotatable bonds is 8. The van der Waals surface area contributed by atoms with Gasteiger partial charge in [0.25, 0.3) is 5.56 Å². The number of furan rings is 1. The minimum atomic E-state index is -1.11. The number of carbonyl (C=O) groups is 1. The van der Waals surface area contributed by atoms with Crippen LogP contribution >= 0.6 is 11.8 Å². The summed E-state index contributed by atoms with van der Waals surface area (Å²) in [6, 6.07) is 10.4. The van der Waals surface area contributed by atoms with Gasteiger partial charge in [-0.15, -0.1) is 10.2 Å². The number of nitrogens with zero attached hydrogens (tertiary/aromatic N) is 4. The predicted molar refractivity (Wildman–Crippen MR) is 106 cm³/mol. The number of aryl methyl sites for hydroxylation is 1. The molecule has 10 heteroatoms. The van der Waals surface area contributed by atoms with E-state index in [0.29, 0.717) is 52.9 Å². The van der Waals surface area contributed by atoms with Crippen molar-refractivity contribution in [1.29, 1.82) is 0 Å². The topological polar surface area (TPSA) is 112 Å². The molecule has 3 aromatic heterocycles. The lowest BCUT2D eigenvalue weighted by molar-refractivity contribution is 0.0661. The van der Waals surface area contributed by atoms with E-state index in [0.717, 1.165) is 0 Å². The molecule has 0 radical (unpaired) electrons. The highest BCUT2D eigenvalue weighted by Crippen LogP contribution is 2.25. The Labute approximate surface area is 168 Å². The second-order valence-corrected chi connectivity index (χ2v) is 7.24. The molecule has 1 N–H and O–H groups in total. The highest BCUT2D eigenvalue weighted by Gasteiger charge is 2.17. The van der Waals surface area contributed by atoms with Crippen molar-refractivity contribution in [2.45, 2.75) is 23.9 Å². The van der Waals surface area contributed by atoms with Gasteiger partial charge in [0.15, 0.2) is 5.16 Å². The van der Waals surface area contributed by atoms with Gasteiger partial charge in [-0.3, -0.25) is 13.8 Å². The molecule has 0 aliphatic carbocycles. The molecule has 0 unspecified atom stereocenters. The number of aromatic carboxylic acids is 1. The number of hydrogen-bond donors (Lipinski definition) is 1. The second kappa shape index (κ2) is 8.10. The molecule has 0 aliphatic heterocycles. The molecular weight excluding hydrogens is 396 g/mol. The quantitative estimate of drug-likeness (QED) is 0.346. The van der Waals surface area contributed by atoms with E-state index in [4.69, 9.17) is 14.3 Å². The summed E-state index contributed by atoms with van der Waals surface area (Å²) in [5.41, 5.74) is 0.596. The van der Waals surface area contributed by atoms with Crippen molar-refractivity contribution in [3.8, 4) is 0 Å². The van der Waals surface area contributed by atoms with E-state index in [2.05, 4.69) is 10.2 Å². The molecule has 0 bridgehead atoms. The number of carboxylic acid groups (broad SMARTS) is 1. The van der Waals surface area contributed by atoms with Crippen molar-refractivity contribution < 1.29 is 19.1 Å². The first-order valence-electron chi connectivity index (χ1n) is 8.90. The first-order valence-corrected chi connectivity index (χ1v) is 9.89. The predicted octanol–water partition coefficient (Wildman–Crippen LogP) is 2.66. The average Bonchev–Trinajstić information content (AvgIpc) is 3.36. The van der Waals surface area contributed by atoms with Gasteiger partial charge in [0.2, 0.25) is 11.5 Å². The number of hydrogen-bond acceptors (Lipinski definition) is 7. The molecule has 0 atom stereocenters. The Morgan fingerprint density at radius 2 is 2.07 bits per heavy atom. The summed E-state index contributed by atoms with van der Waals surface area (Å²) in [5, 5.41) is 18.7. The van der Waals surface area contributed by atoms with Gasteiger partial charge in [0.05, 0.1) is 16.7 Å². The third kappa shape index (κ3) is 3.64. The van der Waals surface area contributed by atoms with E-state index < -0.39 is 5.97 Å². The zero-order valence-corrected chi connectivity index (χ0v) is 16.4. The molecule has 3 heterocycles. The van der Waals surface area contributed by atoms with E-state index in [1.807, 2.05) is 22.6 Å². The standard InChI is InChI=1S/C19H18N4O5S/c1-27-10-4-9-22-16(24)13-5-2-3-6-14(13)23-18(22)20-21-19(23)29-11-12-7-8-15(28-12)17(25)26/h2-3,5-8H,4,9-11H2,1H3,(H,25,26). The lowest BCUT2D eigenvalue weighted by Gasteiger charge is -2.11. The number of ether oxygens (including phenoxy) is 1. The van der Waals surface area contributed by atoms with Gasteiger partial charge in [0.1, 0.15) is 5.76 Å². The van der Waals surface area contributed by atoms with Crippen LogP contribution in [0.25, 0.3) is 16.7 Å². The summed E-state index contributed by atoms with van der Waals surface area (Å²) >= 11 is 1.36. The van der Waals surface area contributed by atoms with Crippen LogP contribution < -0.4 is 5.56 Å². The Bertz CT molecular complexity index is 1240. The van der Waals surface area contributed by atoms with Crippen LogP contribution in [0.1, 0.15) is 22.7 Å². The van der Waals surface area contributed by atoms with Gasteiger partial charge in [-0.1, -0.05) is 23.9 Å². The summed E-state index contributed by atoms with van der Waals surface area (Å²) in [7, 11) is 1.62. The molecule has 150 valence electrons. The minimum Gasteiger partial charge on any atom is -0.475 e. The smallest absolute Gasteiger partial charge is 0.371 e. The molecule has 29 heavy (non-hydrogen) atoms. The fraction of sp³-hybridized carbons (Fsp3) is 0.263. The zero-order valence-electron chi connectivity index (χ0n) is 15.6. The molecular formula is C19H18N4O5S. The van der Waals surface area contributed by atoms with E-state index in [1.165, 1.54) is 17.8 Å². The molecule has 0 fully saturated rings. The molecule has 0 saturated carbocycles. The van der Waals surface area contributed by atoms with Crippen LogP contribution in [0.4, 0.5) is 0 Å². The Hall–Kier alpha value is -3.11. The van der Waals surface area contributed by atoms with E-state index >= 15 is 0 Å². The number of aromatic nitrogens is 4. The minimum absolute atomic E-state index is 0.107. The van der Waals surface area contributed by atoms with Crippen LogP contribution in [0, 0.1) is 0 Å². The van der Waals surface area contributed by atoms with Gasteiger partial charge in [-0.2, -0.15) is 0 Å². The summed E-state index contributed by atoms with van der Waals surface area (Å²) in [5.74, 6) is 0.134. The number of thioether (sulfide) groups is 1. The molecule has 4 rings (SSSR count). The molecule has 4 aromatic rings. The van der Waals surface area contributed by atoms with Crippen molar-refractivity contribution in [2.75, 3.05) is 13.7 Å². The van der Waals surface area contributed by atoms with Crippen molar-refractivity contribution >= 4 is 34.4 Å². The van der Waals surface area contributed by atoms with Gasteiger partial charge in [0, 0.05) is 20.3 Å². The molecule has 0 spiro atoms. The van der Waals surface area contributed by atoms with Crippen LogP contribution in [-0.2, 0) is 17.0 Å². The second-order valence-electron chi connectivity index (χ2n) is 6.30. The zero-order chi connectivity index (χ0) is 20.4. The average molecular weight is 414 g/mol. The monoisotopic (exact) mass is 414 g/mol. The molecule has 0 aliphatic rings. The van der Waals surface area contributed by atoms with Crippen LogP contribution in [0.2, 0.25) is 0 Å². The first kappa shape index (κ1) is 19.2. The normalized spacial score (nSPS) is 11.5. The van der Waals surface area contributed by atoms with E-state index in [1.54, 1.807) is 23.8 Å². The van der Waals surface area contributed by atoms with Crippen LogP contribution in [0.15, 0.2) is 50.8 Å².